The lowest BCUT2D eigenvalue weighted by molar-refractivity contribution is 0.243. The number of nitrogens with zero attached hydrogens (tertiary/aromatic N) is 1. The second-order valence-electron chi connectivity index (χ2n) is 5.68. The first-order valence-corrected chi connectivity index (χ1v) is 7.79. The number of ether oxygens (including phenoxy) is 1. The van der Waals surface area contributed by atoms with Crippen molar-refractivity contribution in [3.63, 3.8) is 0 Å². The summed E-state index contributed by atoms with van der Waals surface area (Å²) < 4.78 is 5.64. The van der Waals surface area contributed by atoms with E-state index in [4.69, 9.17) is 16.3 Å². The molecule has 112 valence electrons. The quantitative estimate of drug-likeness (QED) is 0.904. The standard InChI is InChI=1S/C16H25ClN2O/c1-12(2)15-11-14(17)10-13(16(15)20-3)4-7-19-8-5-18-6-9-19/h10-12,18H,4-9H2,1-3H3. The smallest absolute Gasteiger partial charge is 0.125 e. The molecule has 1 fully saturated rings. The van der Waals surface area contributed by atoms with E-state index in [1.54, 1.807) is 7.11 Å². The molecule has 0 amide bonds. The third-order valence-corrected chi connectivity index (χ3v) is 4.11. The van der Waals surface area contributed by atoms with Crippen LogP contribution in [-0.2, 0) is 6.42 Å². The average Bonchev–Trinajstić information content (AvgIpc) is 2.45. The molecule has 0 aromatic heterocycles. The van der Waals surface area contributed by atoms with E-state index in [0.29, 0.717) is 5.92 Å². The highest BCUT2D eigenvalue weighted by atomic mass is 35.5. The molecular formula is C16H25ClN2O. The molecule has 1 N–H and O–H groups in total. The molecule has 3 nitrogen and oxygen atoms in total. The molecule has 0 radical (unpaired) electrons. The van der Waals surface area contributed by atoms with Gasteiger partial charge in [-0.25, -0.2) is 0 Å². The van der Waals surface area contributed by atoms with Crippen molar-refractivity contribution in [2.24, 2.45) is 0 Å². The molecule has 0 unspecified atom stereocenters. The fourth-order valence-electron chi connectivity index (χ4n) is 2.75. The Labute approximate surface area is 127 Å². The summed E-state index contributed by atoms with van der Waals surface area (Å²) in [5.41, 5.74) is 2.43. The van der Waals surface area contributed by atoms with Crippen molar-refractivity contribution in [3.05, 3.63) is 28.3 Å². The Morgan fingerprint density at radius 2 is 2.00 bits per heavy atom. The second-order valence-corrected chi connectivity index (χ2v) is 6.12. The van der Waals surface area contributed by atoms with Crippen LogP contribution in [0, 0.1) is 0 Å². The molecule has 0 bridgehead atoms. The Morgan fingerprint density at radius 3 is 2.60 bits per heavy atom. The van der Waals surface area contributed by atoms with Crippen LogP contribution in [0.2, 0.25) is 5.02 Å². The summed E-state index contributed by atoms with van der Waals surface area (Å²) in [6.45, 7) is 9.84. The van der Waals surface area contributed by atoms with Crippen LogP contribution in [0.4, 0.5) is 0 Å². The highest BCUT2D eigenvalue weighted by Crippen LogP contribution is 2.33. The maximum absolute atomic E-state index is 6.27. The van der Waals surface area contributed by atoms with Crippen molar-refractivity contribution in [2.45, 2.75) is 26.2 Å². The molecule has 1 saturated heterocycles. The van der Waals surface area contributed by atoms with Crippen molar-refractivity contribution in [2.75, 3.05) is 39.8 Å². The minimum Gasteiger partial charge on any atom is -0.496 e. The molecule has 0 aliphatic carbocycles. The average molecular weight is 297 g/mol. The number of methoxy groups -OCH3 is 1. The largest absolute Gasteiger partial charge is 0.496 e. The minimum absolute atomic E-state index is 0.418. The van der Waals surface area contributed by atoms with E-state index < -0.39 is 0 Å². The molecule has 1 aliphatic rings. The van der Waals surface area contributed by atoms with Crippen LogP contribution in [0.1, 0.15) is 30.9 Å². The Bertz CT molecular complexity index is 442. The summed E-state index contributed by atoms with van der Waals surface area (Å²) in [5.74, 6) is 1.43. The van der Waals surface area contributed by atoms with Gasteiger partial charge in [-0.2, -0.15) is 0 Å². The highest BCUT2D eigenvalue weighted by Gasteiger charge is 2.15. The molecule has 0 saturated carbocycles. The monoisotopic (exact) mass is 296 g/mol. The number of halogens is 1. The summed E-state index contributed by atoms with van der Waals surface area (Å²) in [7, 11) is 1.75. The van der Waals surface area contributed by atoms with Crippen LogP contribution in [-0.4, -0.2) is 44.7 Å². The van der Waals surface area contributed by atoms with E-state index in [0.717, 1.165) is 49.9 Å². The van der Waals surface area contributed by atoms with Gasteiger partial charge in [0.15, 0.2) is 0 Å². The van der Waals surface area contributed by atoms with Crippen molar-refractivity contribution < 1.29 is 4.74 Å². The molecule has 0 spiro atoms. The summed E-state index contributed by atoms with van der Waals surface area (Å²) >= 11 is 6.27. The maximum Gasteiger partial charge on any atom is 0.125 e. The van der Waals surface area contributed by atoms with Crippen LogP contribution in [0.25, 0.3) is 0 Å². The fraction of sp³-hybridized carbons (Fsp3) is 0.625. The van der Waals surface area contributed by atoms with Crippen LogP contribution >= 0.6 is 11.6 Å². The van der Waals surface area contributed by atoms with Crippen LogP contribution < -0.4 is 10.1 Å². The molecule has 1 aromatic carbocycles. The molecular weight excluding hydrogens is 272 g/mol. The number of hydrogen-bond acceptors (Lipinski definition) is 3. The topological polar surface area (TPSA) is 24.5 Å². The van der Waals surface area contributed by atoms with Gasteiger partial charge < -0.3 is 15.0 Å². The van der Waals surface area contributed by atoms with E-state index in [1.807, 2.05) is 6.07 Å². The first-order chi connectivity index (χ1) is 9.61. The van der Waals surface area contributed by atoms with Gasteiger partial charge in [0, 0.05) is 37.7 Å². The predicted octanol–water partition coefficient (Wildman–Crippen LogP) is 2.92. The number of piperazine rings is 1. The Morgan fingerprint density at radius 1 is 1.30 bits per heavy atom. The zero-order valence-corrected chi connectivity index (χ0v) is 13.5. The van der Waals surface area contributed by atoms with E-state index in [-0.39, 0.29) is 0 Å². The van der Waals surface area contributed by atoms with Gasteiger partial charge >= 0.3 is 0 Å². The summed E-state index contributed by atoms with van der Waals surface area (Å²) in [5, 5.41) is 4.19. The highest BCUT2D eigenvalue weighted by molar-refractivity contribution is 6.30. The lowest BCUT2D eigenvalue weighted by atomic mass is 9.97. The van der Waals surface area contributed by atoms with Gasteiger partial charge in [0.1, 0.15) is 5.75 Å². The lowest BCUT2D eigenvalue weighted by Crippen LogP contribution is -2.44. The molecule has 1 aliphatic heterocycles. The first-order valence-electron chi connectivity index (χ1n) is 7.41. The molecule has 1 heterocycles. The zero-order chi connectivity index (χ0) is 14.5. The fourth-order valence-corrected chi connectivity index (χ4v) is 3.00. The molecule has 20 heavy (non-hydrogen) atoms. The second kappa shape index (κ2) is 7.30. The number of benzene rings is 1. The van der Waals surface area contributed by atoms with E-state index in [1.165, 1.54) is 11.1 Å². The van der Waals surface area contributed by atoms with E-state index in [2.05, 4.69) is 30.1 Å². The van der Waals surface area contributed by atoms with Gasteiger partial charge in [0.25, 0.3) is 0 Å². The number of rotatable bonds is 5. The summed E-state index contributed by atoms with van der Waals surface area (Å²) in [4.78, 5) is 2.49. The van der Waals surface area contributed by atoms with Crippen molar-refractivity contribution in [3.8, 4) is 5.75 Å². The van der Waals surface area contributed by atoms with Crippen LogP contribution in [0.15, 0.2) is 12.1 Å². The third-order valence-electron chi connectivity index (χ3n) is 3.89. The predicted molar refractivity (Wildman–Crippen MR) is 85.1 cm³/mol. The third kappa shape index (κ3) is 3.87. The Hall–Kier alpha value is -0.770. The molecule has 2 rings (SSSR count). The van der Waals surface area contributed by atoms with Gasteiger partial charge in [-0.3, -0.25) is 0 Å². The van der Waals surface area contributed by atoms with Gasteiger partial charge in [-0.05, 0) is 35.6 Å². The lowest BCUT2D eigenvalue weighted by Gasteiger charge is -2.27. The van der Waals surface area contributed by atoms with Crippen molar-refractivity contribution >= 4 is 11.6 Å². The van der Waals surface area contributed by atoms with Gasteiger partial charge in [0.05, 0.1) is 7.11 Å². The number of hydrogen-bond donors (Lipinski definition) is 1. The molecule has 0 atom stereocenters. The van der Waals surface area contributed by atoms with Gasteiger partial charge in [-0.15, -0.1) is 0 Å². The zero-order valence-electron chi connectivity index (χ0n) is 12.7. The van der Waals surface area contributed by atoms with Crippen LogP contribution in [0.5, 0.6) is 5.75 Å². The van der Waals surface area contributed by atoms with Crippen molar-refractivity contribution in [1.29, 1.82) is 0 Å². The molecule has 1 aromatic rings. The summed E-state index contributed by atoms with van der Waals surface area (Å²) in [6, 6.07) is 4.08. The first kappa shape index (κ1) is 15.6. The summed E-state index contributed by atoms with van der Waals surface area (Å²) in [6.07, 6.45) is 0.990. The van der Waals surface area contributed by atoms with Gasteiger partial charge in [0.2, 0.25) is 0 Å². The minimum atomic E-state index is 0.418. The van der Waals surface area contributed by atoms with Gasteiger partial charge in [-0.1, -0.05) is 25.4 Å². The maximum atomic E-state index is 6.27. The van der Waals surface area contributed by atoms with Crippen LogP contribution in [0.3, 0.4) is 0 Å². The molecule has 4 heteroatoms. The number of nitrogens with one attached hydrogen (secondary N) is 1. The van der Waals surface area contributed by atoms with E-state index >= 15 is 0 Å². The van der Waals surface area contributed by atoms with Crippen molar-refractivity contribution in [1.82, 2.24) is 10.2 Å². The SMILES string of the molecule is COc1c(CCN2CCNCC2)cc(Cl)cc1C(C)C. The Kier molecular flexibility index (Phi) is 5.70. The Balaban J connectivity index is 2.13. The normalized spacial score (nSPS) is 16.6. The van der Waals surface area contributed by atoms with E-state index in [9.17, 15) is 0 Å².